The van der Waals surface area contributed by atoms with Gasteiger partial charge in [-0.15, -0.1) is 0 Å². The minimum Gasteiger partial charge on any atom is -0.495 e. The number of hydrogen-bond acceptors (Lipinski definition) is 8. The number of methoxy groups -OCH3 is 1. The van der Waals surface area contributed by atoms with E-state index in [2.05, 4.69) is 5.32 Å². The van der Waals surface area contributed by atoms with Crippen LogP contribution in [-0.4, -0.2) is 46.1 Å². The zero-order valence-corrected chi connectivity index (χ0v) is 14.8. The highest BCUT2D eigenvalue weighted by Gasteiger charge is 2.38. The summed E-state index contributed by atoms with van der Waals surface area (Å²) < 4.78 is 5.03. The van der Waals surface area contributed by atoms with Gasteiger partial charge in [0.15, 0.2) is 0 Å². The van der Waals surface area contributed by atoms with Crippen molar-refractivity contribution < 1.29 is 29.0 Å². The van der Waals surface area contributed by atoms with E-state index in [1.54, 1.807) is 0 Å². The third kappa shape index (κ3) is 3.58. The summed E-state index contributed by atoms with van der Waals surface area (Å²) in [6.07, 6.45) is 0. The van der Waals surface area contributed by atoms with Gasteiger partial charge in [0, 0.05) is 24.3 Å². The van der Waals surface area contributed by atoms with Gasteiger partial charge in [-0.3, -0.25) is 39.5 Å². The molecule has 0 atom stereocenters. The third-order valence-electron chi connectivity index (χ3n) is 4.13. The smallest absolute Gasteiger partial charge is 0.271 e. The summed E-state index contributed by atoms with van der Waals surface area (Å²) in [5.41, 5.74) is -0.906. The molecule has 29 heavy (non-hydrogen) atoms. The van der Waals surface area contributed by atoms with Gasteiger partial charge in [-0.25, -0.2) is 0 Å². The molecule has 12 heteroatoms. The lowest BCUT2D eigenvalue weighted by molar-refractivity contribution is -0.385. The molecule has 3 amide bonds. The van der Waals surface area contributed by atoms with Crippen molar-refractivity contribution in [2.24, 2.45) is 0 Å². The van der Waals surface area contributed by atoms with Crippen molar-refractivity contribution in [2.45, 2.75) is 0 Å². The topological polar surface area (TPSA) is 162 Å². The predicted molar refractivity (Wildman–Crippen MR) is 96.7 cm³/mol. The highest BCUT2D eigenvalue weighted by atomic mass is 16.6. The number of rotatable bonds is 6. The van der Waals surface area contributed by atoms with E-state index >= 15 is 0 Å². The number of benzene rings is 2. The monoisotopic (exact) mass is 400 g/mol. The maximum atomic E-state index is 12.4. The maximum absolute atomic E-state index is 12.4. The van der Waals surface area contributed by atoms with Crippen LogP contribution < -0.4 is 10.1 Å². The van der Waals surface area contributed by atoms with E-state index in [1.807, 2.05) is 0 Å². The number of ether oxygens (including phenoxy) is 1. The molecule has 0 bridgehead atoms. The first kappa shape index (κ1) is 19.4. The first-order chi connectivity index (χ1) is 13.7. The third-order valence-corrected chi connectivity index (χ3v) is 4.13. The lowest BCUT2D eigenvalue weighted by Crippen LogP contribution is -2.37. The number of fused-ring (bicyclic) bond motifs is 1. The fourth-order valence-corrected chi connectivity index (χ4v) is 2.78. The lowest BCUT2D eigenvalue weighted by atomic mass is 10.1. The molecule has 3 rings (SSSR count). The van der Waals surface area contributed by atoms with Crippen molar-refractivity contribution in [3.8, 4) is 5.75 Å². The molecule has 1 N–H and O–H groups in total. The zero-order valence-electron chi connectivity index (χ0n) is 14.8. The molecule has 1 aliphatic rings. The molecule has 0 saturated carbocycles. The number of anilines is 1. The summed E-state index contributed by atoms with van der Waals surface area (Å²) in [7, 11) is 1.30. The van der Waals surface area contributed by atoms with Gasteiger partial charge in [0.05, 0.1) is 33.8 Å². The Hall–Kier alpha value is -4.35. The molecular weight excluding hydrogens is 388 g/mol. The molecule has 0 spiro atoms. The normalized spacial score (nSPS) is 12.5. The standard InChI is InChI=1S/C17H12N4O8/c1-29-14-5-3-10(21(27)28)7-13(14)18-15(22)8-19-16(23)11-4-2-9(20(25)26)6-12(11)17(19)24/h2-7H,8H2,1H3,(H,18,22). The van der Waals surface area contributed by atoms with E-state index in [4.69, 9.17) is 4.74 Å². The highest BCUT2D eigenvalue weighted by molar-refractivity contribution is 6.23. The lowest BCUT2D eigenvalue weighted by Gasteiger charge is -2.15. The summed E-state index contributed by atoms with van der Waals surface area (Å²) in [6, 6.07) is 6.75. The van der Waals surface area contributed by atoms with E-state index in [9.17, 15) is 34.6 Å². The second kappa shape index (κ2) is 7.34. The van der Waals surface area contributed by atoms with Crippen LogP contribution in [0.2, 0.25) is 0 Å². The largest absolute Gasteiger partial charge is 0.495 e. The van der Waals surface area contributed by atoms with E-state index in [0.29, 0.717) is 4.90 Å². The summed E-state index contributed by atoms with van der Waals surface area (Å²) >= 11 is 0. The van der Waals surface area contributed by atoms with Crippen LogP contribution in [0.15, 0.2) is 36.4 Å². The Morgan fingerprint density at radius 2 is 1.59 bits per heavy atom. The van der Waals surface area contributed by atoms with Gasteiger partial charge in [-0.05, 0) is 12.1 Å². The highest BCUT2D eigenvalue weighted by Crippen LogP contribution is 2.30. The van der Waals surface area contributed by atoms with Crippen molar-refractivity contribution in [3.05, 3.63) is 67.8 Å². The quantitative estimate of drug-likeness (QED) is 0.435. The minimum atomic E-state index is -0.852. The number of carbonyl (C=O) groups is 3. The van der Waals surface area contributed by atoms with Crippen molar-refractivity contribution in [1.82, 2.24) is 4.90 Å². The number of non-ortho nitro benzene ring substituents is 2. The molecule has 0 saturated heterocycles. The van der Waals surface area contributed by atoms with Crippen LogP contribution in [0.25, 0.3) is 0 Å². The molecule has 0 aromatic heterocycles. The number of nitrogens with zero attached hydrogens (tertiary/aromatic N) is 3. The van der Waals surface area contributed by atoms with E-state index < -0.39 is 34.1 Å². The molecule has 0 unspecified atom stereocenters. The van der Waals surface area contributed by atoms with E-state index in [1.165, 1.54) is 19.2 Å². The number of carbonyl (C=O) groups excluding carboxylic acids is 3. The van der Waals surface area contributed by atoms with Crippen molar-refractivity contribution >= 4 is 34.8 Å². The molecule has 1 heterocycles. The second-order valence-corrected chi connectivity index (χ2v) is 5.87. The number of nitrogens with one attached hydrogen (secondary N) is 1. The first-order valence-electron chi connectivity index (χ1n) is 8.00. The summed E-state index contributed by atoms with van der Waals surface area (Å²) in [4.78, 5) is 58.2. The van der Waals surface area contributed by atoms with Gasteiger partial charge in [0.25, 0.3) is 23.2 Å². The predicted octanol–water partition coefficient (Wildman–Crippen LogP) is 1.75. The molecule has 0 aliphatic carbocycles. The van der Waals surface area contributed by atoms with Crippen LogP contribution in [-0.2, 0) is 4.79 Å². The Morgan fingerprint density at radius 1 is 1.00 bits per heavy atom. The van der Waals surface area contributed by atoms with Gasteiger partial charge < -0.3 is 10.1 Å². The molecule has 148 valence electrons. The average Bonchev–Trinajstić information content (AvgIpc) is 2.92. The molecule has 2 aromatic carbocycles. The Balaban J connectivity index is 1.80. The van der Waals surface area contributed by atoms with Gasteiger partial charge >= 0.3 is 0 Å². The molecule has 12 nitrogen and oxygen atoms in total. The maximum Gasteiger partial charge on any atom is 0.271 e. The second-order valence-electron chi connectivity index (χ2n) is 5.87. The fraction of sp³-hybridized carbons (Fsp3) is 0.118. The number of nitro benzene ring substituents is 2. The fourth-order valence-electron chi connectivity index (χ4n) is 2.78. The first-order valence-corrected chi connectivity index (χ1v) is 8.00. The van der Waals surface area contributed by atoms with Gasteiger partial charge in [0.1, 0.15) is 12.3 Å². The summed E-state index contributed by atoms with van der Waals surface area (Å²) in [5.74, 6) is -2.30. The average molecular weight is 400 g/mol. The number of amides is 3. The van der Waals surface area contributed by atoms with E-state index in [-0.39, 0.29) is 33.9 Å². The summed E-state index contributed by atoms with van der Waals surface area (Å²) in [5, 5.41) is 24.1. The van der Waals surface area contributed by atoms with Crippen LogP contribution in [0.3, 0.4) is 0 Å². The minimum absolute atomic E-state index is 0.0149. The van der Waals surface area contributed by atoms with Crippen LogP contribution in [0.4, 0.5) is 17.1 Å². The van der Waals surface area contributed by atoms with Gasteiger partial charge in [-0.2, -0.15) is 0 Å². The van der Waals surface area contributed by atoms with Crippen LogP contribution in [0.5, 0.6) is 5.75 Å². The van der Waals surface area contributed by atoms with Crippen LogP contribution >= 0.6 is 0 Å². The zero-order chi connectivity index (χ0) is 21.3. The Kier molecular flexibility index (Phi) is 4.92. The van der Waals surface area contributed by atoms with Crippen molar-refractivity contribution in [3.63, 3.8) is 0 Å². The molecule has 1 aliphatic heterocycles. The number of nitro groups is 2. The SMILES string of the molecule is COc1ccc([N+](=O)[O-])cc1NC(=O)CN1C(=O)c2ccc([N+](=O)[O-])cc2C1=O. The Bertz CT molecular complexity index is 1080. The Labute approximate surface area is 162 Å². The molecule has 0 fully saturated rings. The van der Waals surface area contributed by atoms with Crippen molar-refractivity contribution in [2.75, 3.05) is 19.0 Å². The molecular formula is C17H12N4O8. The number of hydrogen-bond donors (Lipinski definition) is 1. The Morgan fingerprint density at radius 3 is 2.21 bits per heavy atom. The van der Waals surface area contributed by atoms with Gasteiger partial charge in [0.2, 0.25) is 5.91 Å². The van der Waals surface area contributed by atoms with Crippen molar-refractivity contribution in [1.29, 1.82) is 0 Å². The van der Waals surface area contributed by atoms with Crippen LogP contribution in [0.1, 0.15) is 20.7 Å². The summed E-state index contributed by atoms with van der Waals surface area (Å²) in [6.45, 7) is -0.689. The number of imide groups is 1. The van der Waals surface area contributed by atoms with Gasteiger partial charge in [-0.1, -0.05) is 0 Å². The molecule has 0 radical (unpaired) electrons. The van der Waals surface area contributed by atoms with E-state index in [0.717, 1.165) is 24.3 Å². The van der Waals surface area contributed by atoms with Crippen LogP contribution in [0, 0.1) is 20.2 Å². The molecule has 2 aromatic rings.